The Morgan fingerprint density at radius 3 is 2.67 bits per heavy atom. The third kappa shape index (κ3) is 7.10. The van der Waals surface area contributed by atoms with Crippen molar-refractivity contribution in [3.63, 3.8) is 0 Å². The number of carbonyl (C=O) groups is 1. The molecule has 0 spiro atoms. The third-order valence-corrected chi connectivity index (χ3v) is 0.579. The van der Waals surface area contributed by atoms with Crippen LogP contribution in [-0.4, -0.2) is 16.1 Å². The lowest BCUT2D eigenvalue weighted by atomic mass is 10.6. The Kier molecular flexibility index (Phi) is 3.62. The summed E-state index contributed by atoms with van der Waals surface area (Å²) in [4.78, 5) is 10.2. The first-order chi connectivity index (χ1) is 4.13. The summed E-state index contributed by atoms with van der Waals surface area (Å²) in [6.45, 7) is 1.61. The van der Waals surface area contributed by atoms with Gasteiger partial charge >= 0.3 is 5.97 Å². The molecule has 0 aliphatic carbocycles. The van der Waals surface area contributed by atoms with Gasteiger partial charge in [0.05, 0.1) is 4.99 Å². The Balaban J connectivity index is 3.48. The minimum absolute atomic E-state index is 0.424. The largest absolute Gasteiger partial charge is 0.478 e. The molecule has 0 aromatic heterocycles. The van der Waals surface area contributed by atoms with Crippen molar-refractivity contribution >= 4 is 23.2 Å². The van der Waals surface area contributed by atoms with Gasteiger partial charge in [-0.25, -0.2) is 10.1 Å². The molecule has 9 heavy (non-hydrogen) atoms. The quantitative estimate of drug-likeness (QED) is 0.454. The zero-order chi connectivity index (χ0) is 7.28. The SMILES string of the molecule is CC(=S)[N]/C=C/C(=O)O. The molecule has 3 nitrogen and oxygen atoms in total. The topological polar surface area (TPSA) is 51.4 Å². The van der Waals surface area contributed by atoms with E-state index >= 15 is 0 Å². The average Bonchev–Trinajstić information content (AvgIpc) is 1.63. The predicted octanol–water partition coefficient (Wildman–Crippen LogP) is 0.536. The molecule has 0 heterocycles. The van der Waals surface area contributed by atoms with Gasteiger partial charge in [-0.3, -0.25) is 0 Å². The highest BCUT2D eigenvalue weighted by atomic mass is 32.1. The molecule has 49 valence electrons. The van der Waals surface area contributed by atoms with Gasteiger partial charge in [0.25, 0.3) is 0 Å². The van der Waals surface area contributed by atoms with Crippen LogP contribution in [0.4, 0.5) is 0 Å². The summed E-state index contributed by atoms with van der Waals surface area (Å²) in [5, 5.41) is 11.6. The van der Waals surface area contributed by atoms with Crippen LogP contribution in [0.15, 0.2) is 12.3 Å². The van der Waals surface area contributed by atoms with E-state index in [-0.39, 0.29) is 0 Å². The molecule has 0 atom stereocenters. The van der Waals surface area contributed by atoms with Crippen LogP contribution in [0.5, 0.6) is 0 Å². The van der Waals surface area contributed by atoms with E-state index in [0.29, 0.717) is 4.99 Å². The first-order valence-corrected chi connectivity index (χ1v) is 2.64. The summed E-state index contributed by atoms with van der Waals surface area (Å²) in [5.74, 6) is -1.02. The Bertz CT molecular complexity index is 153. The molecule has 0 saturated carbocycles. The van der Waals surface area contributed by atoms with Crippen LogP contribution in [-0.2, 0) is 4.79 Å². The highest BCUT2D eigenvalue weighted by Gasteiger charge is 1.84. The number of hydrogen-bond acceptors (Lipinski definition) is 2. The van der Waals surface area contributed by atoms with Gasteiger partial charge in [-0.1, -0.05) is 12.2 Å². The molecular formula is C5H6NO2S. The van der Waals surface area contributed by atoms with Crippen LogP contribution in [0.25, 0.3) is 0 Å². The highest BCUT2D eigenvalue weighted by molar-refractivity contribution is 7.80. The minimum atomic E-state index is -1.02. The average molecular weight is 144 g/mol. The number of thiocarbonyl (C=S) groups is 1. The normalized spacial score (nSPS) is 9.44. The molecule has 0 bridgehead atoms. The van der Waals surface area contributed by atoms with Crippen molar-refractivity contribution in [2.45, 2.75) is 6.92 Å². The van der Waals surface area contributed by atoms with E-state index in [1.54, 1.807) is 6.92 Å². The Morgan fingerprint density at radius 2 is 2.33 bits per heavy atom. The van der Waals surface area contributed by atoms with Crippen molar-refractivity contribution in [2.24, 2.45) is 0 Å². The van der Waals surface area contributed by atoms with Crippen LogP contribution in [0.1, 0.15) is 6.92 Å². The molecule has 0 aliphatic heterocycles. The van der Waals surface area contributed by atoms with Crippen LogP contribution >= 0.6 is 12.2 Å². The van der Waals surface area contributed by atoms with Crippen molar-refractivity contribution in [1.29, 1.82) is 0 Å². The van der Waals surface area contributed by atoms with Gasteiger partial charge < -0.3 is 5.11 Å². The molecule has 0 unspecified atom stereocenters. The Hall–Kier alpha value is -0.900. The van der Waals surface area contributed by atoms with E-state index in [0.717, 1.165) is 12.3 Å². The van der Waals surface area contributed by atoms with Crippen molar-refractivity contribution in [3.05, 3.63) is 12.3 Å². The first kappa shape index (κ1) is 8.10. The number of rotatable bonds is 2. The number of aliphatic carboxylic acids is 1. The second-order valence-electron chi connectivity index (χ2n) is 1.30. The van der Waals surface area contributed by atoms with Gasteiger partial charge in [0.2, 0.25) is 0 Å². The van der Waals surface area contributed by atoms with Gasteiger partial charge in [-0.05, 0) is 6.92 Å². The molecule has 0 aliphatic rings. The molecule has 4 heteroatoms. The van der Waals surface area contributed by atoms with E-state index in [9.17, 15) is 4.79 Å². The Morgan fingerprint density at radius 1 is 1.78 bits per heavy atom. The molecule has 0 aromatic rings. The van der Waals surface area contributed by atoms with Crippen LogP contribution in [0, 0.1) is 0 Å². The third-order valence-electron chi connectivity index (χ3n) is 0.473. The second kappa shape index (κ2) is 4.03. The van der Waals surface area contributed by atoms with Crippen molar-refractivity contribution < 1.29 is 9.90 Å². The fourth-order valence-electron chi connectivity index (χ4n) is 0.206. The maximum atomic E-state index is 9.79. The summed E-state index contributed by atoms with van der Waals surface area (Å²) >= 11 is 4.54. The highest BCUT2D eigenvalue weighted by Crippen LogP contribution is 1.73. The summed E-state index contributed by atoms with van der Waals surface area (Å²) in [7, 11) is 0. The molecule has 1 radical (unpaired) electrons. The van der Waals surface area contributed by atoms with E-state index < -0.39 is 5.97 Å². The molecule has 1 N–H and O–H groups in total. The van der Waals surface area contributed by atoms with Crippen molar-refractivity contribution in [1.82, 2.24) is 5.32 Å². The number of carboxylic acid groups (broad SMARTS) is 1. The predicted molar refractivity (Wildman–Crippen MR) is 37.2 cm³/mol. The monoisotopic (exact) mass is 144 g/mol. The van der Waals surface area contributed by atoms with Gasteiger partial charge in [0, 0.05) is 12.3 Å². The van der Waals surface area contributed by atoms with E-state index in [1.807, 2.05) is 0 Å². The van der Waals surface area contributed by atoms with E-state index in [1.165, 1.54) is 0 Å². The Labute approximate surface area is 58.4 Å². The molecule has 0 amide bonds. The fourth-order valence-corrected chi connectivity index (χ4v) is 0.267. The first-order valence-electron chi connectivity index (χ1n) is 2.24. The van der Waals surface area contributed by atoms with Crippen molar-refractivity contribution in [3.8, 4) is 0 Å². The van der Waals surface area contributed by atoms with Crippen molar-refractivity contribution in [2.75, 3.05) is 0 Å². The number of hydrogen-bond donors (Lipinski definition) is 1. The zero-order valence-corrected chi connectivity index (χ0v) is 5.68. The fraction of sp³-hybridized carbons (Fsp3) is 0.200. The van der Waals surface area contributed by atoms with Gasteiger partial charge in [-0.2, -0.15) is 0 Å². The second-order valence-corrected chi connectivity index (χ2v) is 1.89. The zero-order valence-electron chi connectivity index (χ0n) is 4.87. The molecule has 0 saturated heterocycles. The maximum Gasteiger partial charge on any atom is 0.329 e. The lowest BCUT2D eigenvalue weighted by molar-refractivity contribution is -0.131. The van der Waals surface area contributed by atoms with Crippen LogP contribution in [0.3, 0.4) is 0 Å². The summed E-state index contributed by atoms with van der Waals surface area (Å²) in [6.07, 6.45) is 2.08. The lowest BCUT2D eigenvalue weighted by Gasteiger charge is -1.85. The number of carboxylic acids is 1. The maximum absolute atomic E-state index is 9.79. The van der Waals surface area contributed by atoms with Gasteiger partial charge in [0.1, 0.15) is 0 Å². The van der Waals surface area contributed by atoms with E-state index in [2.05, 4.69) is 17.5 Å². The molecule has 0 fully saturated rings. The standard InChI is InChI=1S/C5H6NO2S/c1-4(9)6-3-2-5(7)8/h2-3H,1H3,(H,7,8)/b3-2+. The minimum Gasteiger partial charge on any atom is -0.478 e. The molecule has 0 aromatic carbocycles. The smallest absolute Gasteiger partial charge is 0.329 e. The lowest BCUT2D eigenvalue weighted by Crippen LogP contribution is -2.01. The van der Waals surface area contributed by atoms with Gasteiger partial charge in [-0.15, -0.1) is 0 Å². The van der Waals surface area contributed by atoms with Gasteiger partial charge in [0.15, 0.2) is 0 Å². The summed E-state index contributed by atoms with van der Waals surface area (Å²) in [6, 6.07) is 0. The summed E-state index contributed by atoms with van der Waals surface area (Å²) < 4.78 is 0. The van der Waals surface area contributed by atoms with Crippen LogP contribution in [0.2, 0.25) is 0 Å². The van der Waals surface area contributed by atoms with E-state index in [4.69, 9.17) is 5.11 Å². The number of nitrogens with zero attached hydrogens (tertiary/aromatic N) is 1. The van der Waals surface area contributed by atoms with Crippen LogP contribution < -0.4 is 5.32 Å². The summed E-state index contributed by atoms with van der Waals surface area (Å²) in [5.41, 5.74) is 0. The molecule has 0 rings (SSSR count). The molecular weight excluding hydrogens is 138 g/mol.